The number of aromatic nitrogens is 1. The number of halogens is 1. The summed E-state index contributed by atoms with van der Waals surface area (Å²) >= 11 is 9.38. The van der Waals surface area contributed by atoms with Gasteiger partial charge in [0.05, 0.1) is 11.4 Å². The third-order valence-electron chi connectivity index (χ3n) is 2.68. The van der Waals surface area contributed by atoms with Gasteiger partial charge in [-0.3, -0.25) is 0 Å². The highest BCUT2D eigenvalue weighted by atomic mass is 35.5. The first-order chi connectivity index (χ1) is 9.10. The Hall–Kier alpha value is -0.550. The van der Waals surface area contributed by atoms with Crippen molar-refractivity contribution in [3.8, 4) is 0 Å². The summed E-state index contributed by atoms with van der Waals surface area (Å²) < 4.78 is 0. The molecule has 1 aromatic heterocycles. The van der Waals surface area contributed by atoms with Crippen LogP contribution in [-0.2, 0) is 12.3 Å². The van der Waals surface area contributed by atoms with Gasteiger partial charge in [-0.15, -0.1) is 23.1 Å². The van der Waals surface area contributed by atoms with Crippen LogP contribution in [0.2, 0.25) is 5.02 Å². The summed E-state index contributed by atoms with van der Waals surface area (Å²) in [6.45, 7) is 4.89. The van der Waals surface area contributed by atoms with Crippen LogP contribution in [0.5, 0.6) is 0 Å². The Morgan fingerprint density at radius 3 is 2.53 bits per heavy atom. The molecule has 0 amide bonds. The van der Waals surface area contributed by atoms with E-state index < -0.39 is 0 Å². The van der Waals surface area contributed by atoms with Crippen molar-refractivity contribution >= 4 is 34.7 Å². The molecule has 0 fully saturated rings. The Labute approximate surface area is 127 Å². The molecule has 0 bridgehead atoms. The second-order valence-electron chi connectivity index (χ2n) is 4.52. The SMILES string of the molecule is CC(C)c1nc(CSc2ccc(Cl)cc2)sc1CN. The van der Waals surface area contributed by atoms with Crippen LogP contribution in [0.4, 0.5) is 0 Å². The highest BCUT2D eigenvalue weighted by molar-refractivity contribution is 7.98. The van der Waals surface area contributed by atoms with E-state index in [0.29, 0.717) is 12.5 Å². The molecular formula is C14H17ClN2S2. The smallest absolute Gasteiger partial charge is 0.103 e. The lowest BCUT2D eigenvalue weighted by Gasteiger charge is -2.01. The van der Waals surface area contributed by atoms with E-state index in [1.807, 2.05) is 24.3 Å². The predicted octanol–water partition coefficient (Wildman–Crippen LogP) is 4.67. The number of benzene rings is 1. The highest BCUT2D eigenvalue weighted by Gasteiger charge is 2.13. The zero-order chi connectivity index (χ0) is 13.8. The fraction of sp³-hybridized carbons (Fsp3) is 0.357. The molecule has 1 heterocycles. The standard InChI is InChI=1S/C14H17ClN2S2/c1-9(2)14-12(7-16)19-13(17-14)8-18-11-5-3-10(15)4-6-11/h3-6,9H,7-8,16H2,1-2H3. The number of thiazole rings is 1. The second-order valence-corrected chi connectivity index (χ2v) is 7.17. The Morgan fingerprint density at radius 1 is 1.32 bits per heavy atom. The first-order valence-electron chi connectivity index (χ1n) is 6.17. The molecule has 2 aromatic rings. The molecule has 0 aliphatic carbocycles. The van der Waals surface area contributed by atoms with Crippen LogP contribution >= 0.6 is 34.7 Å². The summed E-state index contributed by atoms with van der Waals surface area (Å²) in [6.07, 6.45) is 0. The van der Waals surface area contributed by atoms with E-state index in [1.54, 1.807) is 23.1 Å². The van der Waals surface area contributed by atoms with Gasteiger partial charge in [0, 0.05) is 21.3 Å². The summed E-state index contributed by atoms with van der Waals surface area (Å²) in [7, 11) is 0. The van der Waals surface area contributed by atoms with Crippen molar-refractivity contribution in [1.82, 2.24) is 4.98 Å². The maximum absolute atomic E-state index is 5.87. The number of nitrogens with two attached hydrogens (primary N) is 1. The van der Waals surface area contributed by atoms with Gasteiger partial charge in [-0.05, 0) is 30.2 Å². The van der Waals surface area contributed by atoms with Gasteiger partial charge in [0.25, 0.3) is 0 Å². The maximum Gasteiger partial charge on any atom is 0.103 e. The summed E-state index contributed by atoms with van der Waals surface area (Å²) in [5.74, 6) is 1.32. The van der Waals surface area contributed by atoms with Crippen LogP contribution in [0, 0.1) is 0 Å². The molecule has 0 aliphatic heterocycles. The van der Waals surface area contributed by atoms with Gasteiger partial charge in [0.2, 0.25) is 0 Å². The topological polar surface area (TPSA) is 38.9 Å². The molecule has 1 aromatic carbocycles. The van der Waals surface area contributed by atoms with E-state index >= 15 is 0 Å². The fourth-order valence-electron chi connectivity index (χ4n) is 1.75. The van der Waals surface area contributed by atoms with Crippen molar-refractivity contribution in [2.45, 2.75) is 37.0 Å². The summed E-state index contributed by atoms with van der Waals surface area (Å²) in [6, 6.07) is 7.90. The second kappa shape index (κ2) is 6.75. The molecule has 0 spiro atoms. The van der Waals surface area contributed by atoms with Gasteiger partial charge < -0.3 is 5.73 Å². The highest BCUT2D eigenvalue weighted by Crippen LogP contribution is 2.30. The molecular weight excluding hydrogens is 296 g/mol. The minimum atomic E-state index is 0.434. The molecule has 2 nitrogen and oxygen atoms in total. The Bertz CT molecular complexity index is 535. The minimum Gasteiger partial charge on any atom is -0.326 e. The molecule has 19 heavy (non-hydrogen) atoms. The predicted molar refractivity (Wildman–Crippen MR) is 85.1 cm³/mol. The van der Waals surface area contributed by atoms with Crippen molar-refractivity contribution in [3.63, 3.8) is 0 Å². The quantitative estimate of drug-likeness (QED) is 0.815. The molecule has 2 N–H and O–H groups in total. The molecule has 5 heteroatoms. The fourth-order valence-corrected chi connectivity index (χ4v) is 3.87. The molecule has 0 saturated carbocycles. The zero-order valence-corrected chi connectivity index (χ0v) is 13.4. The molecule has 2 rings (SSSR count). The third kappa shape index (κ3) is 3.96. The van der Waals surface area contributed by atoms with Crippen molar-refractivity contribution in [3.05, 3.63) is 44.9 Å². The normalized spacial score (nSPS) is 11.2. The zero-order valence-electron chi connectivity index (χ0n) is 11.0. The maximum atomic E-state index is 5.87. The minimum absolute atomic E-state index is 0.434. The average molecular weight is 313 g/mol. The number of rotatable bonds is 5. The summed E-state index contributed by atoms with van der Waals surface area (Å²) in [5.41, 5.74) is 6.93. The van der Waals surface area contributed by atoms with Crippen molar-refractivity contribution in [2.75, 3.05) is 0 Å². The lowest BCUT2D eigenvalue weighted by atomic mass is 10.1. The average Bonchev–Trinajstić information content (AvgIpc) is 2.81. The van der Waals surface area contributed by atoms with Gasteiger partial charge in [-0.1, -0.05) is 25.4 Å². The van der Waals surface area contributed by atoms with Crippen molar-refractivity contribution in [1.29, 1.82) is 0 Å². The van der Waals surface area contributed by atoms with E-state index in [1.165, 1.54) is 9.77 Å². The molecule has 0 aliphatic rings. The van der Waals surface area contributed by atoms with Crippen LogP contribution in [0.3, 0.4) is 0 Å². The Morgan fingerprint density at radius 2 is 2.00 bits per heavy atom. The van der Waals surface area contributed by atoms with E-state index in [-0.39, 0.29) is 0 Å². The van der Waals surface area contributed by atoms with E-state index in [9.17, 15) is 0 Å². The summed E-state index contributed by atoms with van der Waals surface area (Å²) in [4.78, 5) is 7.12. The number of hydrogen-bond acceptors (Lipinski definition) is 4. The summed E-state index contributed by atoms with van der Waals surface area (Å²) in [5, 5.41) is 1.91. The molecule has 0 radical (unpaired) electrons. The van der Waals surface area contributed by atoms with Gasteiger partial charge in [-0.2, -0.15) is 0 Å². The van der Waals surface area contributed by atoms with E-state index in [4.69, 9.17) is 22.3 Å². The number of hydrogen-bond donors (Lipinski definition) is 1. The van der Waals surface area contributed by atoms with E-state index in [2.05, 4.69) is 13.8 Å². The largest absolute Gasteiger partial charge is 0.326 e. The Balaban J connectivity index is 2.05. The van der Waals surface area contributed by atoms with Crippen LogP contribution < -0.4 is 5.73 Å². The molecule has 102 valence electrons. The molecule has 0 unspecified atom stereocenters. The molecule has 0 saturated heterocycles. The lowest BCUT2D eigenvalue weighted by molar-refractivity contribution is 0.808. The Kier molecular flexibility index (Phi) is 5.28. The first kappa shape index (κ1) is 14.9. The monoisotopic (exact) mass is 312 g/mol. The molecule has 0 atom stereocenters. The van der Waals surface area contributed by atoms with Crippen LogP contribution in [-0.4, -0.2) is 4.98 Å². The number of nitrogens with zero attached hydrogens (tertiary/aromatic N) is 1. The van der Waals surface area contributed by atoms with Gasteiger partial charge in [0.1, 0.15) is 5.01 Å². The lowest BCUT2D eigenvalue weighted by Crippen LogP contribution is -1.99. The van der Waals surface area contributed by atoms with E-state index in [0.717, 1.165) is 21.5 Å². The van der Waals surface area contributed by atoms with Gasteiger partial charge in [0.15, 0.2) is 0 Å². The van der Waals surface area contributed by atoms with Crippen LogP contribution in [0.1, 0.15) is 35.3 Å². The third-order valence-corrected chi connectivity index (χ3v) is 5.23. The van der Waals surface area contributed by atoms with Crippen molar-refractivity contribution < 1.29 is 0 Å². The number of thioether (sulfide) groups is 1. The van der Waals surface area contributed by atoms with Crippen molar-refractivity contribution in [2.24, 2.45) is 5.73 Å². The van der Waals surface area contributed by atoms with Gasteiger partial charge in [-0.25, -0.2) is 4.98 Å². The van der Waals surface area contributed by atoms with Crippen LogP contribution in [0.25, 0.3) is 0 Å². The van der Waals surface area contributed by atoms with Crippen LogP contribution in [0.15, 0.2) is 29.2 Å². The first-order valence-corrected chi connectivity index (χ1v) is 8.35. The van der Waals surface area contributed by atoms with Gasteiger partial charge >= 0.3 is 0 Å².